The summed E-state index contributed by atoms with van der Waals surface area (Å²) in [6.45, 7) is 6.72. The number of ether oxygens (including phenoxy) is 5. The van der Waals surface area contributed by atoms with Gasteiger partial charge in [0.1, 0.15) is 17.3 Å². The van der Waals surface area contributed by atoms with Gasteiger partial charge in [-0.1, -0.05) is 0 Å². The lowest BCUT2D eigenvalue weighted by Crippen LogP contribution is -2.69. The first kappa shape index (κ1) is 42.1. The molecule has 0 aromatic rings. The molecule has 1 fully saturated rings. The van der Waals surface area contributed by atoms with Gasteiger partial charge in [-0.2, -0.15) is 52.7 Å². The summed E-state index contributed by atoms with van der Waals surface area (Å²) in [5, 5.41) is 0. The Morgan fingerprint density at radius 2 is 0.745 bits per heavy atom. The summed E-state index contributed by atoms with van der Waals surface area (Å²) in [6, 6.07) is 0. The Morgan fingerprint density at radius 1 is 0.468 bits per heavy atom. The number of halogens is 13. The van der Waals surface area contributed by atoms with Crippen molar-refractivity contribution in [2.24, 2.45) is 11.8 Å². The highest BCUT2D eigenvalue weighted by Gasteiger charge is 2.82. The van der Waals surface area contributed by atoms with E-state index in [0.29, 0.717) is 13.8 Å². The molecular weight excluding hydrogens is 687 g/mol. The van der Waals surface area contributed by atoms with Crippen LogP contribution in [0.5, 0.6) is 0 Å². The summed E-state index contributed by atoms with van der Waals surface area (Å²) in [6.07, 6.45) is -41.7. The molecule has 0 spiro atoms. The van der Waals surface area contributed by atoms with Gasteiger partial charge in [-0.3, -0.25) is 0 Å². The molecule has 2 unspecified atom stereocenters. The fourth-order valence-electron chi connectivity index (χ4n) is 4.77. The quantitative estimate of drug-likeness (QED) is 0.153. The van der Waals surface area contributed by atoms with Crippen LogP contribution in [0.4, 0.5) is 66.7 Å². The van der Waals surface area contributed by atoms with Crippen LogP contribution in [0, 0.1) is 11.8 Å². The van der Waals surface area contributed by atoms with E-state index < -0.39 is 108 Å². The molecule has 276 valence electrons. The van der Waals surface area contributed by atoms with Crippen LogP contribution in [-0.4, -0.2) is 77.2 Å². The molecule has 1 aliphatic rings. The lowest BCUT2D eigenvalue weighted by molar-refractivity contribution is -0.405. The van der Waals surface area contributed by atoms with Crippen LogP contribution in [-0.2, 0) is 28.5 Å². The van der Waals surface area contributed by atoms with E-state index in [1.165, 1.54) is 0 Å². The molecule has 0 saturated heterocycles. The molecule has 2 atom stereocenters. The molecule has 0 aromatic carbocycles. The molecule has 0 amide bonds. The average molecular weight is 721 g/mol. The summed E-state index contributed by atoms with van der Waals surface area (Å²) in [4.78, 5) is 36.7. The molecule has 1 saturated carbocycles. The second kappa shape index (κ2) is 12.9. The van der Waals surface area contributed by atoms with E-state index in [9.17, 15) is 71.5 Å². The maximum atomic E-state index is 14.5. The summed E-state index contributed by atoms with van der Waals surface area (Å²) in [5.74, 6) is -9.46. The van der Waals surface area contributed by atoms with Gasteiger partial charge in [-0.05, 0) is 74.7 Å². The van der Waals surface area contributed by atoms with Gasteiger partial charge in [0.05, 0.1) is 0 Å². The van der Waals surface area contributed by atoms with Gasteiger partial charge >= 0.3 is 54.2 Å². The first-order valence-corrected chi connectivity index (χ1v) is 13.4. The van der Waals surface area contributed by atoms with Crippen molar-refractivity contribution in [3.05, 3.63) is 0 Å². The normalized spacial score (nSPS) is 21.1. The molecule has 0 radical (unpaired) electrons. The molecule has 0 aliphatic heterocycles. The van der Waals surface area contributed by atoms with Crippen molar-refractivity contribution < 1.29 is 95.1 Å². The van der Waals surface area contributed by atoms with E-state index in [1.54, 1.807) is 0 Å². The summed E-state index contributed by atoms with van der Waals surface area (Å²) in [7, 11) is 0. The Labute approximate surface area is 259 Å². The van der Waals surface area contributed by atoms with E-state index in [4.69, 9.17) is 0 Å². The van der Waals surface area contributed by atoms with Crippen LogP contribution in [0.1, 0.15) is 74.7 Å². The summed E-state index contributed by atoms with van der Waals surface area (Å²) in [5.41, 5.74) is -18.6. The van der Waals surface area contributed by atoms with E-state index >= 15 is 0 Å². The van der Waals surface area contributed by atoms with E-state index in [0.717, 1.165) is 41.5 Å². The molecule has 8 nitrogen and oxygen atoms in total. The molecule has 0 aromatic heterocycles. The van der Waals surface area contributed by atoms with Gasteiger partial charge in [-0.15, -0.1) is 0 Å². The van der Waals surface area contributed by atoms with E-state index in [2.05, 4.69) is 23.7 Å². The molecule has 0 bridgehead atoms. The first-order valence-electron chi connectivity index (χ1n) is 13.4. The van der Waals surface area contributed by atoms with Crippen molar-refractivity contribution >= 4 is 18.3 Å². The molecular formula is C26H33F13O8. The monoisotopic (exact) mass is 720 g/mol. The minimum Gasteiger partial charge on any atom is -0.460 e. The molecule has 1 aliphatic carbocycles. The molecule has 0 heterocycles. The number of carbonyl (C=O) groups is 3. The summed E-state index contributed by atoms with van der Waals surface area (Å²) >= 11 is 0. The lowest BCUT2D eigenvalue weighted by Gasteiger charge is -2.50. The summed E-state index contributed by atoms with van der Waals surface area (Å²) < 4.78 is 210. The predicted octanol–water partition coefficient (Wildman–Crippen LogP) is 8.69. The molecule has 1 rings (SSSR count). The van der Waals surface area contributed by atoms with Crippen LogP contribution in [0.3, 0.4) is 0 Å². The predicted molar refractivity (Wildman–Crippen MR) is 130 cm³/mol. The fraction of sp³-hybridized carbons (Fsp3) is 0.885. The third-order valence-electron chi connectivity index (χ3n) is 6.52. The smallest absolute Gasteiger partial charge is 0.460 e. The number of alkyl halides is 13. The van der Waals surface area contributed by atoms with Crippen molar-refractivity contribution in [3.8, 4) is 0 Å². The lowest BCUT2D eigenvalue weighted by atomic mass is 9.65. The Morgan fingerprint density at radius 3 is 0.957 bits per heavy atom. The van der Waals surface area contributed by atoms with E-state index in [-0.39, 0.29) is 0 Å². The Bertz CT molecular complexity index is 1030. The zero-order chi connectivity index (χ0) is 37.6. The Kier molecular flexibility index (Phi) is 11.5. The zero-order valence-electron chi connectivity index (χ0n) is 26.0. The number of hydrogen-bond donors (Lipinski definition) is 0. The first-order chi connectivity index (χ1) is 20.4. The van der Waals surface area contributed by atoms with Gasteiger partial charge in [0.2, 0.25) is 5.67 Å². The zero-order valence-corrected chi connectivity index (χ0v) is 26.0. The highest BCUT2D eigenvalue weighted by molar-refractivity contribution is 5.78. The minimum absolute atomic E-state index is 0.454. The topological polar surface area (TPSA) is 97.4 Å². The number of rotatable bonds is 6. The second-order valence-electron chi connectivity index (χ2n) is 13.2. The van der Waals surface area contributed by atoms with Gasteiger partial charge in [-0.25, -0.2) is 18.8 Å². The van der Waals surface area contributed by atoms with Crippen LogP contribution >= 0.6 is 0 Å². The third-order valence-corrected chi connectivity index (χ3v) is 6.52. The van der Waals surface area contributed by atoms with Crippen LogP contribution < -0.4 is 0 Å². The number of carbonyl (C=O) groups excluding carboxylic acids is 3. The number of hydrogen-bond acceptors (Lipinski definition) is 8. The minimum atomic E-state index is -6.84. The van der Waals surface area contributed by atoms with Crippen molar-refractivity contribution in [2.75, 3.05) is 0 Å². The van der Waals surface area contributed by atoms with Gasteiger partial charge in [0.15, 0.2) is 0 Å². The van der Waals surface area contributed by atoms with Gasteiger partial charge in [0, 0.05) is 11.8 Å². The molecule has 21 heteroatoms. The number of esters is 1. The highest BCUT2D eigenvalue weighted by atomic mass is 19.4. The van der Waals surface area contributed by atoms with Crippen LogP contribution in [0.25, 0.3) is 0 Å². The third kappa shape index (κ3) is 9.60. The maximum Gasteiger partial charge on any atom is 0.510 e. The van der Waals surface area contributed by atoms with Crippen LogP contribution in [0.2, 0.25) is 0 Å². The fourth-order valence-corrected chi connectivity index (χ4v) is 4.77. The second-order valence-corrected chi connectivity index (χ2v) is 13.2. The Balaban J connectivity index is 4.19. The highest BCUT2D eigenvalue weighted by Crippen LogP contribution is 2.60. The Hall–Kier alpha value is -2.90. The molecule has 0 N–H and O–H groups in total. The molecule has 47 heavy (non-hydrogen) atoms. The SMILES string of the molecule is CC(C)(C)OC(=O)OC(C1CC(OC(=O)C(C)(C)F)CC(C(OC(=O)OC(C)(C)C)(C(F)(F)F)C(F)(F)F)C1)(C(F)(F)F)C(F)(F)F. The standard InChI is InChI=1S/C26H33F13O8/c1-18(2,3)44-16(41)46-21(23(28,29)30,24(31,32)33)12-9-13(11-14(10-12)43-15(40)20(7,8)27)22(25(34,35)36,26(37,38)39)47-17(42)45-19(4,5)6/h12-14H,9-11H2,1-8H3. The van der Waals surface area contributed by atoms with Crippen molar-refractivity contribution in [1.82, 2.24) is 0 Å². The van der Waals surface area contributed by atoms with Gasteiger partial charge in [0.25, 0.3) is 0 Å². The van der Waals surface area contributed by atoms with Crippen LogP contribution in [0.15, 0.2) is 0 Å². The average Bonchev–Trinajstić information content (AvgIpc) is 2.74. The largest absolute Gasteiger partial charge is 0.510 e. The van der Waals surface area contributed by atoms with Crippen molar-refractivity contribution in [3.63, 3.8) is 0 Å². The van der Waals surface area contributed by atoms with E-state index in [1.807, 2.05) is 0 Å². The van der Waals surface area contributed by atoms with Gasteiger partial charge < -0.3 is 23.7 Å². The maximum absolute atomic E-state index is 14.5. The van der Waals surface area contributed by atoms with Crippen molar-refractivity contribution in [2.45, 2.75) is 134 Å². The van der Waals surface area contributed by atoms with Crippen molar-refractivity contribution in [1.29, 1.82) is 0 Å².